The summed E-state index contributed by atoms with van der Waals surface area (Å²) in [6, 6.07) is 8.13. The summed E-state index contributed by atoms with van der Waals surface area (Å²) in [7, 11) is 1.52. The van der Waals surface area contributed by atoms with Crippen molar-refractivity contribution < 1.29 is 19.0 Å². The van der Waals surface area contributed by atoms with Crippen LogP contribution in [0.2, 0.25) is 0 Å². The Kier molecular flexibility index (Phi) is 5.26. The fourth-order valence-electron chi connectivity index (χ4n) is 3.61. The monoisotopic (exact) mass is 372 g/mol. The van der Waals surface area contributed by atoms with Crippen molar-refractivity contribution >= 4 is 5.91 Å². The van der Waals surface area contributed by atoms with Crippen molar-refractivity contribution in [3.05, 3.63) is 41.7 Å². The number of benzene rings is 1. The van der Waals surface area contributed by atoms with Gasteiger partial charge in [-0.15, -0.1) is 0 Å². The number of carbonyl (C=O) groups excluding carboxylic acids is 1. The van der Waals surface area contributed by atoms with Crippen molar-refractivity contribution in [1.29, 1.82) is 0 Å². The fraction of sp³-hybridized carbons (Fsp3) is 0.474. The number of fused-ring (bicyclic) bond motifs is 2. The molecule has 8 nitrogen and oxygen atoms in total. The van der Waals surface area contributed by atoms with Crippen molar-refractivity contribution in [2.75, 3.05) is 33.6 Å². The smallest absolute Gasteiger partial charge is 0.245 e. The fourth-order valence-corrected chi connectivity index (χ4v) is 3.61. The number of aromatic nitrogens is 2. The van der Waals surface area contributed by atoms with Crippen molar-refractivity contribution in [2.24, 2.45) is 5.92 Å². The first-order chi connectivity index (χ1) is 13.2. The third-order valence-electron chi connectivity index (χ3n) is 4.84. The number of nitrogens with zero attached hydrogens (tertiary/aromatic N) is 3. The van der Waals surface area contributed by atoms with E-state index in [1.165, 1.54) is 18.4 Å². The summed E-state index contributed by atoms with van der Waals surface area (Å²) in [5.41, 5.74) is 2.36. The molecule has 1 amide bonds. The minimum atomic E-state index is -0.0928. The van der Waals surface area contributed by atoms with Crippen molar-refractivity contribution in [3.63, 3.8) is 0 Å². The highest BCUT2D eigenvalue weighted by Gasteiger charge is 2.23. The van der Waals surface area contributed by atoms with Gasteiger partial charge in [0.2, 0.25) is 12.7 Å². The van der Waals surface area contributed by atoms with Crippen molar-refractivity contribution in [1.82, 2.24) is 20.0 Å². The van der Waals surface area contributed by atoms with Crippen LogP contribution in [-0.4, -0.2) is 54.2 Å². The molecule has 0 saturated carbocycles. The van der Waals surface area contributed by atoms with Crippen LogP contribution in [0, 0.1) is 5.92 Å². The lowest BCUT2D eigenvalue weighted by molar-refractivity contribution is -0.124. The number of hydrogen-bond acceptors (Lipinski definition) is 6. The van der Waals surface area contributed by atoms with Gasteiger partial charge in [0, 0.05) is 51.9 Å². The van der Waals surface area contributed by atoms with E-state index in [0.29, 0.717) is 6.54 Å². The number of nitrogens with one attached hydrogen (secondary N) is 1. The molecule has 27 heavy (non-hydrogen) atoms. The molecule has 1 N–H and O–H groups in total. The Morgan fingerprint density at radius 1 is 1.30 bits per heavy atom. The molecule has 0 unspecified atom stereocenters. The zero-order valence-corrected chi connectivity index (χ0v) is 15.4. The zero-order chi connectivity index (χ0) is 18.6. The highest BCUT2D eigenvalue weighted by molar-refractivity contribution is 5.77. The summed E-state index contributed by atoms with van der Waals surface area (Å²) in [6.07, 6.45) is 1.83. The van der Waals surface area contributed by atoms with E-state index in [0.717, 1.165) is 37.7 Å². The van der Waals surface area contributed by atoms with Crippen LogP contribution in [0.1, 0.15) is 11.3 Å². The average molecular weight is 372 g/mol. The van der Waals surface area contributed by atoms with Gasteiger partial charge in [0.25, 0.3) is 0 Å². The molecule has 4 rings (SSSR count). The molecule has 0 fully saturated rings. The maximum atomic E-state index is 11.8. The van der Waals surface area contributed by atoms with E-state index < -0.39 is 0 Å². The third kappa shape index (κ3) is 4.23. The molecule has 8 heteroatoms. The van der Waals surface area contributed by atoms with E-state index in [1.807, 2.05) is 23.0 Å². The minimum absolute atomic E-state index is 0.0840. The number of hydrogen-bond donors (Lipinski definition) is 1. The van der Waals surface area contributed by atoms with E-state index in [2.05, 4.69) is 27.4 Å². The van der Waals surface area contributed by atoms with Gasteiger partial charge in [0.05, 0.1) is 5.69 Å². The molecule has 2 aromatic rings. The highest BCUT2D eigenvalue weighted by atomic mass is 16.7. The molecule has 0 bridgehead atoms. The maximum absolute atomic E-state index is 11.8. The summed E-state index contributed by atoms with van der Waals surface area (Å²) >= 11 is 0. The van der Waals surface area contributed by atoms with Crippen LogP contribution < -0.4 is 14.8 Å². The van der Waals surface area contributed by atoms with Gasteiger partial charge in [-0.2, -0.15) is 5.10 Å². The molecule has 2 aliphatic rings. The lowest BCUT2D eigenvalue weighted by Crippen LogP contribution is -2.37. The van der Waals surface area contributed by atoms with E-state index in [1.54, 1.807) is 0 Å². The lowest BCUT2D eigenvalue weighted by Gasteiger charge is -2.24. The average Bonchev–Trinajstić information content (AvgIpc) is 3.26. The molecule has 3 heterocycles. The molecule has 2 aliphatic heterocycles. The van der Waals surface area contributed by atoms with Crippen LogP contribution >= 0.6 is 0 Å². The van der Waals surface area contributed by atoms with Gasteiger partial charge in [0.15, 0.2) is 11.5 Å². The topological polar surface area (TPSA) is 77.8 Å². The summed E-state index contributed by atoms with van der Waals surface area (Å²) in [5, 5.41) is 7.39. The van der Waals surface area contributed by atoms with Gasteiger partial charge in [-0.1, -0.05) is 6.07 Å². The highest BCUT2D eigenvalue weighted by Crippen LogP contribution is 2.33. The van der Waals surface area contributed by atoms with E-state index in [4.69, 9.17) is 14.2 Å². The summed E-state index contributed by atoms with van der Waals surface area (Å²) < 4.78 is 17.8. The van der Waals surface area contributed by atoms with Crippen LogP contribution in [0.25, 0.3) is 0 Å². The first kappa shape index (κ1) is 17.8. The predicted molar refractivity (Wildman–Crippen MR) is 97.3 cm³/mol. The van der Waals surface area contributed by atoms with Gasteiger partial charge in [0.1, 0.15) is 6.61 Å². The SMILES string of the molecule is COCC(=O)NC[C@@H]1CN(Cc2ccc3c(c2)OCO3)Cc2ccnn2C1. The summed E-state index contributed by atoms with van der Waals surface area (Å²) in [5.74, 6) is 1.77. The zero-order valence-electron chi connectivity index (χ0n) is 15.4. The Labute approximate surface area is 158 Å². The Morgan fingerprint density at radius 3 is 3.07 bits per heavy atom. The molecular formula is C19H24N4O4. The van der Waals surface area contributed by atoms with Crippen LogP contribution in [0.5, 0.6) is 11.5 Å². The second kappa shape index (κ2) is 7.98. The van der Waals surface area contributed by atoms with Gasteiger partial charge in [-0.25, -0.2) is 0 Å². The Hall–Kier alpha value is -2.58. The Morgan fingerprint density at radius 2 is 2.19 bits per heavy atom. The quantitative estimate of drug-likeness (QED) is 0.815. The molecule has 0 aliphatic carbocycles. The number of methoxy groups -OCH3 is 1. The molecule has 0 radical (unpaired) electrons. The Balaban J connectivity index is 1.45. The van der Waals surface area contributed by atoms with Crippen LogP contribution in [-0.2, 0) is 29.2 Å². The minimum Gasteiger partial charge on any atom is -0.454 e. The first-order valence-electron chi connectivity index (χ1n) is 9.08. The normalized spacial score (nSPS) is 18.8. The predicted octanol–water partition coefficient (Wildman–Crippen LogP) is 1.01. The molecule has 1 atom stereocenters. The third-order valence-corrected chi connectivity index (χ3v) is 4.84. The number of amides is 1. The lowest BCUT2D eigenvalue weighted by atomic mass is 10.1. The van der Waals surface area contributed by atoms with Crippen LogP contribution in [0.15, 0.2) is 30.5 Å². The molecule has 0 spiro atoms. The molecule has 1 aromatic carbocycles. The molecule has 0 saturated heterocycles. The van der Waals surface area contributed by atoms with Gasteiger partial charge in [-0.05, 0) is 23.8 Å². The molecular weight excluding hydrogens is 348 g/mol. The number of rotatable bonds is 6. The van der Waals surface area contributed by atoms with Gasteiger partial charge < -0.3 is 19.5 Å². The first-order valence-corrected chi connectivity index (χ1v) is 9.08. The molecule has 1 aromatic heterocycles. The van der Waals surface area contributed by atoms with E-state index in [-0.39, 0.29) is 25.2 Å². The van der Waals surface area contributed by atoms with E-state index >= 15 is 0 Å². The second-order valence-electron chi connectivity index (χ2n) is 6.97. The second-order valence-corrected chi connectivity index (χ2v) is 6.97. The van der Waals surface area contributed by atoms with E-state index in [9.17, 15) is 4.79 Å². The Bertz CT molecular complexity index is 807. The van der Waals surface area contributed by atoms with Crippen LogP contribution in [0.3, 0.4) is 0 Å². The van der Waals surface area contributed by atoms with Crippen molar-refractivity contribution in [3.8, 4) is 11.5 Å². The number of ether oxygens (including phenoxy) is 3. The van der Waals surface area contributed by atoms with Gasteiger partial charge >= 0.3 is 0 Å². The van der Waals surface area contributed by atoms with Gasteiger partial charge in [-0.3, -0.25) is 14.4 Å². The number of carbonyl (C=O) groups is 1. The maximum Gasteiger partial charge on any atom is 0.245 e. The molecule has 144 valence electrons. The standard InChI is InChI=1S/C19H24N4O4/c1-25-12-19(24)20-7-15-9-22(11-16-4-5-21-23(16)10-15)8-14-2-3-17-18(6-14)27-13-26-17/h2-6,15H,7-13H2,1H3,(H,20,24)/t15-/m1/s1. The largest absolute Gasteiger partial charge is 0.454 e. The van der Waals surface area contributed by atoms with Crippen LogP contribution in [0.4, 0.5) is 0 Å². The summed E-state index contributed by atoms with van der Waals surface area (Å²) in [4.78, 5) is 14.1. The van der Waals surface area contributed by atoms with Crippen molar-refractivity contribution in [2.45, 2.75) is 19.6 Å². The summed E-state index contributed by atoms with van der Waals surface area (Å²) in [6.45, 7) is 4.23.